The van der Waals surface area contributed by atoms with Gasteiger partial charge in [0.25, 0.3) is 5.91 Å². The Morgan fingerprint density at radius 2 is 1.91 bits per heavy atom. The molecule has 0 radical (unpaired) electrons. The maximum atomic E-state index is 12.6. The van der Waals surface area contributed by atoms with E-state index in [0.29, 0.717) is 33.2 Å². The summed E-state index contributed by atoms with van der Waals surface area (Å²) in [5.41, 5.74) is 4.14. The molecular formula is C26H21N5O3S. The minimum Gasteiger partial charge on any atom is -0.494 e. The van der Waals surface area contributed by atoms with Crippen molar-refractivity contribution in [3.63, 3.8) is 0 Å². The number of rotatable bonds is 7. The standard InChI is InChI=1S/C26H21N5O3S/c1-15(32)22-7-8-23(35-22)26(34)29-18-4-2-3-16(12-18)11-17-5-6-21-19(13-17)20(25(33)30-21)14-27-24-9-10-28-31-24/h2-10,12-14,30,33H,11H2,1H3,(H,28,31)(H,29,34)/b27-14+. The monoisotopic (exact) mass is 483 g/mol. The third-order valence-electron chi connectivity index (χ3n) is 5.47. The number of amides is 1. The molecule has 0 aliphatic heterocycles. The van der Waals surface area contributed by atoms with Gasteiger partial charge in [-0.25, -0.2) is 4.99 Å². The van der Waals surface area contributed by atoms with Crippen molar-refractivity contribution < 1.29 is 14.7 Å². The number of aliphatic imine (C=N–C) groups is 1. The molecule has 174 valence electrons. The molecule has 0 saturated carbocycles. The van der Waals surface area contributed by atoms with Gasteiger partial charge >= 0.3 is 0 Å². The van der Waals surface area contributed by atoms with Gasteiger partial charge in [0.05, 0.1) is 21.5 Å². The van der Waals surface area contributed by atoms with Crippen molar-refractivity contribution in [2.45, 2.75) is 13.3 Å². The van der Waals surface area contributed by atoms with Crippen LogP contribution in [0.5, 0.6) is 5.88 Å². The zero-order valence-corrected chi connectivity index (χ0v) is 19.5. The lowest BCUT2D eigenvalue weighted by Crippen LogP contribution is -2.10. The van der Waals surface area contributed by atoms with Gasteiger partial charge in [-0.2, -0.15) is 5.10 Å². The molecule has 0 saturated heterocycles. The first-order valence-corrected chi connectivity index (χ1v) is 11.7. The first-order chi connectivity index (χ1) is 17.0. The lowest BCUT2D eigenvalue weighted by atomic mass is 10.0. The Kier molecular flexibility index (Phi) is 5.99. The quantitative estimate of drug-likeness (QED) is 0.181. The fourth-order valence-corrected chi connectivity index (χ4v) is 4.57. The number of Topliss-reactive ketones (excluding diaryl/α,β-unsaturated/α-hetero) is 1. The highest BCUT2D eigenvalue weighted by Gasteiger charge is 2.13. The van der Waals surface area contributed by atoms with E-state index >= 15 is 0 Å². The summed E-state index contributed by atoms with van der Waals surface area (Å²) in [5, 5.41) is 20.8. The molecule has 3 heterocycles. The van der Waals surface area contributed by atoms with Crippen LogP contribution in [0.2, 0.25) is 0 Å². The third kappa shape index (κ3) is 4.90. The number of carbonyl (C=O) groups excluding carboxylic acids is 2. The van der Waals surface area contributed by atoms with Crippen LogP contribution in [0.1, 0.15) is 43.0 Å². The van der Waals surface area contributed by atoms with Crippen LogP contribution in [0, 0.1) is 0 Å². The molecule has 0 spiro atoms. The number of nitrogens with one attached hydrogen (secondary N) is 3. The highest BCUT2D eigenvalue weighted by atomic mass is 32.1. The highest BCUT2D eigenvalue weighted by Crippen LogP contribution is 2.28. The van der Waals surface area contributed by atoms with Crippen molar-refractivity contribution in [3.8, 4) is 5.88 Å². The van der Waals surface area contributed by atoms with Crippen LogP contribution >= 0.6 is 11.3 Å². The number of anilines is 1. The Balaban J connectivity index is 1.35. The Hall–Kier alpha value is -4.50. The molecule has 4 N–H and O–H groups in total. The van der Waals surface area contributed by atoms with Crippen molar-refractivity contribution >= 4 is 51.6 Å². The van der Waals surface area contributed by atoms with Crippen LogP contribution in [0.15, 0.2) is 71.9 Å². The summed E-state index contributed by atoms with van der Waals surface area (Å²) < 4.78 is 0. The number of aromatic nitrogens is 3. The summed E-state index contributed by atoms with van der Waals surface area (Å²) in [7, 11) is 0. The van der Waals surface area contributed by atoms with Crippen LogP contribution in [-0.4, -0.2) is 38.2 Å². The van der Waals surface area contributed by atoms with Crippen LogP contribution in [0.25, 0.3) is 10.9 Å². The predicted molar refractivity (Wildman–Crippen MR) is 137 cm³/mol. The molecule has 0 atom stereocenters. The number of nitrogens with zero attached hydrogens (tertiary/aromatic N) is 2. The molecule has 3 aromatic heterocycles. The molecule has 0 aliphatic carbocycles. The van der Waals surface area contributed by atoms with Gasteiger partial charge in [-0.1, -0.05) is 18.2 Å². The molecule has 5 rings (SSSR count). The number of H-pyrrole nitrogens is 2. The highest BCUT2D eigenvalue weighted by molar-refractivity contribution is 7.16. The summed E-state index contributed by atoms with van der Waals surface area (Å²) in [5.74, 6) is 0.338. The molecule has 5 aromatic rings. The van der Waals surface area contributed by atoms with Gasteiger partial charge in [-0.05, 0) is 60.9 Å². The molecule has 0 unspecified atom stereocenters. The van der Waals surface area contributed by atoms with Gasteiger partial charge < -0.3 is 15.4 Å². The molecule has 9 heteroatoms. The maximum absolute atomic E-state index is 12.6. The van der Waals surface area contributed by atoms with Gasteiger partial charge in [-0.15, -0.1) is 11.3 Å². The Bertz CT molecular complexity index is 1560. The summed E-state index contributed by atoms with van der Waals surface area (Å²) >= 11 is 1.18. The fraction of sp³-hybridized carbons (Fsp3) is 0.0769. The van der Waals surface area contributed by atoms with E-state index in [0.717, 1.165) is 22.0 Å². The minimum absolute atomic E-state index is 0.0478. The second-order valence-electron chi connectivity index (χ2n) is 8.02. The Morgan fingerprint density at radius 1 is 1.09 bits per heavy atom. The zero-order chi connectivity index (χ0) is 24.4. The summed E-state index contributed by atoms with van der Waals surface area (Å²) in [4.78, 5) is 32.4. The average Bonchev–Trinajstić information content (AvgIpc) is 3.58. The number of aromatic amines is 2. The zero-order valence-electron chi connectivity index (χ0n) is 18.7. The number of hydrogen-bond acceptors (Lipinski definition) is 6. The van der Waals surface area contributed by atoms with Crippen molar-refractivity contribution in [1.29, 1.82) is 0 Å². The number of ketones is 1. The topological polar surface area (TPSA) is 123 Å². The van der Waals surface area contributed by atoms with Crippen LogP contribution in [0.4, 0.5) is 11.5 Å². The molecule has 8 nitrogen and oxygen atoms in total. The van der Waals surface area contributed by atoms with E-state index < -0.39 is 0 Å². The van der Waals surface area contributed by atoms with E-state index in [1.54, 1.807) is 30.6 Å². The maximum Gasteiger partial charge on any atom is 0.265 e. The van der Waals surface area contributed by atoms with Crippen molar-refractivity contribution in [1.82, 2.24) is 15.2 Å². The third-order valence-corrected chi connectivity index (χ3v) is 6.66. The number of aromatic hydroxyl groups is 1. The van der Waals surface area contributed by atoms with E-state index in [2.05, 4.69) is 25.5 Å². The smallest absolute Gasteiger partial charge is 0.265 e. The van der Waals surface area contributed by atoms with E-state index in [4.69, 9.17) is 0 Å². The molecule has 0 fully saturated rings. The molecule has 1 amide bonds. The van der Waals surface area contributed by atoms with Gasteiger partial charge in [0, 0.05) is 28.9 Å². The molecular weight excluding hydrogens is 462 g/mol. The normalized spacial score (nSPS) is 11.3. The number of carbonyl (C=O) groups is 2. The second-order valence-corrected chi connectivity index (χ2v) is 9.10. The summed E-state index contributed by atoms with van der Waals surface area (Å²) in [6, 6.07) is 18.6. The van der Waals surface area contributed by atoms with Gasteiger partial charge in [0.1, 0.15) is 5.82 Å². The lowest BCUT2D eigenvalue weighted by Gasteiger charge is -2.07. The largest absolute Gasteiger partial charge is 0.494 e. The summed E-state index contributed by atoms with van der Waals surface area (Å²) in [6.45, 7) is 1.48. The first-order valence-electron chi connectivity index (χ1n) is 10.8. The van der Waals surface area contributed by atoms with Crippen LogP contribution in [-0.2, 0) is 6.42 Å². The number of hydrogen-bond donors (Lipinski definition) is 4. The molecule has 0 bridgehead atoms. The molecule has 35 heavy (non-hydrogen) atoms. The fourth-order valence-electron chi connectivity index (χ4n) is 3.78. The Labute approximate surface area is 204 Å². The summed E-state index contributed by atoms with van der Waals surface area (Å²) in [6.07, 6.45) is 3.85. The van der Waals surface area contributed by atoms with E-state index in [9.17, 15) is 14.7 Å². The van der Waals surface area contributed by atoms with E-state index in [1.807, 2.05) is 42.5 Å². The van der Waals surface area contributed by atoms with Crippen molar-refractivity contribution in [2.75, 3.05) is 5.32 Å². The van der Waals surface area contributed by atoms with E-state index in [1.165, 1.54) is 18.3 Å². The van der Waals surface area contributed by atoms with Gasteiger partial charge in [0.15, 0.2) is 11.7 Å². The SMILES string of the molecule is CC(=O)c1ccc(C(=O)Nc2cccc(Cc3ccc4[nH]c(O)c(/C=N/c5ccn[nH]5)c4c3)c2)s1. The van der Waals surface area contributed by atoms with Crippen LogP contribution in [0.3, 0.4) is 0 Å². The second kappa shape index (κ2) is 9.40. The van der Waals surface area contributed by atoms with Crippen LogP contribution < -0.4 is 5.32 Å². The number of fused-ring (bicyclic) bond motifs is 1. The number of benzene rings is 2. The predicted octanol–water partition coefficient (Wildman–Crippen LogP) is 5.45. The minimum atomic E-state index is -0.245. The molecule has 2 aromatic carbocycles. The molecule has 0 aliphatic rings. The van der Waals surface area contributed by atoms with E-state index in [-0.39, 0.29) is 17.6 Å². The first kappa shape index (κ1) is 22.3. The lowest BCUT2D eigenvalue weighted by molar-refractivity contribution is 0.101. The average molecular weight is 484 g/mol. The number of thiophene rings is 1. The van der Waals surface area contributed by atoms with Crippen molar-refractivity contribution in [3.05, 3.63) is 93.3 Å². The van der Waals surface area contributed by atoms with Gasteiger partial charge in [-0.3, -0.25) is 14.7 Å². The van der Waals surface area contributed by atoms with Crippen molar-refractivity contribution in [2.24, 2.45) is 4.99 Å². The van der Waals surface area contributed by atoms with Gasteiger partial charge in [0.2, 0.25) is 0 Å². The Morgan fingerprint density at radius 3 is 2.69 bits per heavy atom.